The van der Waals surface area contributed by atoms with Crippen molar-refractivity contribution in [2.24, 2.45) is 0 Å². The molecule has 1 aromatic rings. The molecule has 0 aromatic heterocycles. The fourth-order valence-electron chi connectivity index (χ4n) is 1.88. The van der Waals surface area contributed by atoms with E-state index >= 15 is 0 Å². The number of sulfone groups is 1. The predicted molar refractivity (Wildman–Crippen MR) is 63.7 cm³/mol. The van der Waals surface area contributed by atoms with Crippen molar-refractivity contribution < 1.29 is 30.0 Å². The van der Waals surface area contributed by atoms with Gasteiger partial charge in [-0.15, -0.1) is 0 Å². The van der Waals surface area contributed by atoms with E-state index in [-0.39, 0.29) is 24.3 Å². The van der Waals surface area contributed by atoms with E-state index < -0.39 is 54.0 Å². The molecule has 0 radical (unpaired) electrons. The first kappa shape index (κ1) is 15.3. The second kappa shape index (κ2) is 5.01. The Morgan fingerprint density at radius 1 is 1.10 bits per heavy atom. The monoisotopic (exact) mass is 329 g/mol. The number of hydrogen-bond acceptors (Lipinski definition) is 4. The molecular weight excluding hydrogens is 319 g/mol. The van der Waals surface area contributed by atoms with Crippen molar-refractivity contribution in [1.29, 1.82) is 0 Å². The Labute approximate surface area is 113 Å². The van der Waals surface area contributed by atoms with Crippen molar-refractivity contribution in [1.82, 2.24) is 4.72 Å². The van der Waals surface area contributed by atoms with E-state index in [1.165, 1.54) is 0 Å². The van der Waals surface area contributed by atoms with Crippen molar-refractivity contribution >= 4 is 19.9 Å². The van der Waals surface area contributed by atoms with Crippen LogP contribution in [0.5, 0.6) is 0 Å². The Hall–Kier alpha value is -1.13. The lowest BCUT2D eigenvalue weighted by molar-refractivity contribution is 0.480. The average molecular weight is 329 g/mol. The molecule has 0 spiro atoms. The smallest absolute Gasteiger partial charge is 0.229 e. The number of benzene rings is 1. The summed E-state index contributed by atoms with van der Waals surface area (Å²) in [6, 6.07) is -0.566. The molecule has 0 aliphatic carbocycles. The number of halogens is 3. The molecule has 1 fully saturated rings. The summed E-state index contributed by atoms with van der Waals surface area (Å²) in [6.07, 6.45) is 0.0485. The quantitative estimate of drug-likeness (QED) is 0.822. The molecule has 1 N–H and O–H groups in total. The first-order valence-corrected chi connectivity index (χ1v) is 8.78. The molecule has 2 rings (SSSR count). The van der Waals surface area contributed by atoms with Crippen molar-refractivity contribution in [2.45, 2.75) is 17.4 Å². The minimum atomic E-state index is -4.46. The van der Waals surface area contributed by atoms with Crippen LogP contribution in [0.25, 0.3) is 0 Å². The lowest BCUT2D eigenvalue weighted by Crippen LogP contribution is -2.36. The molecule has 112 valence electrons. The highest BCUT2D eigenvalue weighted by molar-refractivity contribution is 7.92. The van der Waals surface area contributed by atoms with E-state index in [0.29, 0.717) is 0 Å². The fraction of sp³-hybridized carbons (Fsp3) is 0.400. The molecule has 0 amide bonds. The molecule has 1 aromatic carbocycles. The van der Waals surface area contributed by atoms with Crippen LogP contribution in [-0.2, 0) is 19.9 Å². The topological polar surface area (TPSA) is 80.3 Å². The van der Waals surface area contributed by atoms with Crippen LogP contribution in [0.3, 0.4) is 0 Å². The summed E-state index contributed by atoms with van der Waals surface area (Å²) in [5.74, 6) is -5.05. The third-order valence-corrected chi connectivity index (χ3v) is 6.12. The SMILES string of the molecule is O=S1(=O)CCC(NS(=O)(=O)c2cc(F)c(F)cc2F)C1. The zero-order valence-corrected chi connectivity index (χ0v) is 11.6. The van der Waals surface area contributed by atoms with E-state index in [1.807, 2.05) is 4.72 Å². The van der Waals surface area contributed by atoms with Crippen molar-refractivity contribution in [3.05, 3.63) is 29.6 Å². The lowest BCUT2D eigenvalue weighted by atomic mass is 10.3. The summed E-state index contributed by atoms with van der Waals surface area (Å²) >= 11 is 0. The van der Waals surface area contributed by atoms with Gasteiger partial charge in [-0.1, -0.05) is 0 Å². The number of rotatable bonds is 3. The number of hydrogen-bond donors (Lipinski definition) is 1. The van der Waals surface area contributed by atoms with E-state index in [4.69, 9.17) is 0 Å². The molecule has 0 bridgehead atoms. The van der Waals surface area contributed by atoms with Gasteiger partial charge in [0.15, 0.2) is 21.5 Å². The standard InChI is InChI=1S/C10H10F3NO4S2/c11-7-3-9(13)10(4-8(7)12)20(17,18)14-6-1-2-19(15,16)5-6/h3-4,6,14H,1-2,5H2. The minimum Gasteiger partial charge on any atom is -0.229 e. The molecular formula is C10H10F3NO4S2. The maximum Gasteiger partial charge on any atom is 0.243 e. The van der Waals surface area contributed by atoms with Gasteiger partial charge in [-0.2, -0.15) is 0 Å². The van der Waals surface area contributed by atoms with Crippen LogP contribution >= 0.6 is 0 Å². The van der Waals surface area contributed by atoms with Crippen LogP contribution in [0.4, 0.5) is 13.2 Å². The van der Waals surface area contributed by atoms with Crippen LogP contribution in [-0.4, -0.2) is 34.4 Å². The van der Waals surface area contributed by atoms with E-state index in [1.54, 1.807) is 0 Å². The molecule has 1 unspecified atom stereocenters. The molecule has 0 saturated carbocycles. The third kappa shape index (κ3) is 3.13. The van der Waals surface area contributed by atoms with Crippen LogP contribution < -0.4 is 4.72 Å². The van der Waals surface area contributed by atoms with Gasteiger partial charge in [0.05, 0.1) is 11.5 Å². The third-order valence-electron chi connectivity index (χ3n) is 2.82. The average Bonchev–Trinajstić information content (AvgIpc) is 2.62. The lowest BCUT2D eigenvalue weighted by Gasteiger charge is -2.12. The maximum absolute atomic E-state index is 13.4. The van der Waals surface area contributed by atoms with E-state index in [9.17, 15) is 30.0 Å². The summed E-state index contributed by atoms with van der Waals surface area (Å²) < 4.78 is 87.2. The Kier molecular flexibility index (Phi) is 3.82. The van der Waals surface area contributed by atoms with Gasteiger partial charge in [0.1, 0.15) is 10.7 Å². The van der Waals surface area contributed by atoms with Gasteiger partial charge in [-0.05, 0) is 12.5 Å². The Balaban J connectivity index is 2.30. The van der Waals surface area contributed by atoms with E-state index in [2.05, 4.69) is 0 Å². The van der Waals surface area contributed by atoms with Gasteiger partial charge in [-0.25, -0.2) is 34.7 Å². The Morgan fingerprint density at radius 3 is 2.25 bits per heavy atom. The first-order valence-electron chi connectivity index (χ1n) is 5.48. The van der Waals surface area contributed by atoms with Crippen molar-refractivity contribution in [3.63, 3.8) is 0 Å². The summed E-state index contributed by atoms with van der Waals surface area (Å²) in [5, 5.41) is 0. The largest absolute Gasteiger partial charge is 0.243 e. The molecule has 1 atom stereocenters. The molecule has 1 heterocycles. The molecule has 20 heavy (non-hydrogen) atoms. The first-order chi connectivity index (χ1) is 9.11. The second-order valence-electron chi connectivity index (χ2n) is 4.42. The van der Waals surface area contributed by atoms with Crippen LogP contribution in [0.1, 0.15) is 6.42 Å². The molecule has 10 heteroatoms. The molecule has 1 aliphatic rings. The van der Waals surface area contributed by atoms with Gasteiger partial charge < -0.3 is 0 Å². The molecule has 1 saturated heterocycles. The Morgan fingerprint density at radius 2 is 1.70 bits per heavy atom. The van der Waals surface area contributed by atoms with Crippen molar-refractivity contribution in [2.75, 3.05) is 11.5 Å². The summed E-state index contributed by atoms with van der Waals surface area (Å²) in [4.78, 5) is -1.05. The molecule has 5 nitrogen and oxygen atoms in total. The van der Waals surface area contributed by atoms with Crippen LogP contribution in [0, 0.1) is 17.5 Å². The fourth-order valence-corrected chi connectivity index (χ4v) is 5.00. The second-order valence-corrected chi connectivity index (χ2v) is 8.33. The highest BCUT2D eigenvalue weighted by Gasteiger charge is 2.32. The molecule has 1 aliphatic heterocycles. The van der Waals surface area contributed by atoms with E-state index in [0.717, 1.165) is 0 Å². The minimum absolute atomic E-state index is 0.0485. The van der Waals surface area contributed by atoms with Crippen molar-refractivity contribution in [3.8, 4) is 0 Å². The van der Waals surface area contributed by atoms with Gasteiger partial charge in [-0.3, -0.25) is 0 Å². The van der Waals surface area contributed by atoms with Gasteiger partial charge in [0.25, 0.3) is 0 Å². The van der Waals surface area contributed by atoms with Gasteiger partial charge in [0.2, 0.25) is 10.0 Å². The predicted octanol–water partition coefficient (Wildman–Crippen LogP) is 0.569. The van der Waals surface area contributed by atoms with Crippen LogP contribution in [0.15, 0.2) is 17.0 Å². The van der Waals surface area contributed by atoms with Gasteiger partial charge in [0, 0.05) is 12.1 Å². The normalized spacial score (nSPS) is 22.1. The zero-order chi connectivity index (χ0) is 15.1. The summed E-state index contributed by atoms with van der Waals surface area (Å²) in [6.45, 7) is 0. The highest BCUT2D eigenvalue weighted by Crippen LogP contribution is 2.20. The zero-order valence-electron chi connectivity index (χ0n) is 9.94. The highest BCUT2D eigenvalue weighted by atomic mass is 32.2. The number of nitrogens with one attached hydrogen (secondary N) is 1. The maximum atomic E-state index is 13.4. The summed E-state index contributed by atoms with van der Waals surface area (Å²) in [5.41, 5.74) is 0. The number of sulfonamides is 1. The van der Waals surface area contributed by atoms with Crippen LogP contribution in [0.2, 0.25) is 0 Å². The summed E-state index contributed by atoms with van der Waals surface area (Å²) in [7, 11) is -7.79. The van der Waals surface area contributed by atoms with Gasteiger partial charge >= 0.3 is 0 Å². The Bertz CT molecular complexity index is 746.